The number of rotatable bonds is 17. The number of ether oxygens (including phenoxy) is 10. The predicted molar refractivity (Wildman–Crippen MR) is 267 cm³/mol. The van der Waals surface area contributed by atoms with Crippen LogP contribution in [0.25, 0.3) is 0 Å². The Bertz CT molecular complexity index is 2390. The van der Waals surface area contributed by atoms with Gasteiger partial charge in [0.15, 0.2) is 25.2 Å². The number of aliphatic hydroxyl groups excluding tert-OH is 9. The van der Waals surface area contributed by atoms with Gasteiger partial charge in [-0.3, -0.25) is 14.1 Å². The molecule has 0 aromatic rings. The lowest BCUT2D eigenvalue weighted by molar-refractivity contribution is -0.385. The average Bonchev–Trinajstić information content (AvgIpc) is 2.69. The molecular weight excluding hydrogens is 1070 g/mol. The second-order valence-corrected chi connectivity index (χ2v) is 25.9. The highest BCUT2D eigenvalue weighted by molar-refractivity contribution is 7.80. The molecule has 5 saturated heterocycles. The minimum absolute atomic E-state index is 0.0289. The zero-order chi connectivity index (χ0) is 57.7. The molecule has 25 nitrogen and oxygen atoms in total. The van der Waals surface area contributed by atoms with Crippen molar-refractivity contribution in [3.8, 4) is 0 Å². The van der Waals surface area contributed by atoms with Gasteiger partial charge in [0, 0.05) is 13.5 Å². The first-order valence-corrected chi connectivity index (χ1v) is 28.8. The lowest BCUT2D eigenvalue weighted by Gasteiger charge is -2.63. The number of carbonyl (C=O) groups excluding carboxylic acids is 2. The van der Waals surface area contributed by atoms with Crippen LogP contribution >= 0.6 is 0 Å². The number of aliphatic hydroxyl groups is 9. The monoisotopic (exact) mass is 1150 g/mol. The van der Waals surface area contributed by atoms with E-state index in [0.717, 1.165) is 18.4 Å². The molecule has 3 saturated carbocycles. The van der Waals surface area contributed by atoms with Gasteiger partial charge in [-0.15, -0.1) is 6.58 Å². The Balaban J connectivity index is 0.902. The molecule has 1 spiro atoms. The average molecular weight is 1150 g/mol. The maximum Gasteiger partial charge on any atom is 0.397 e. The highest BCUT2D eigenvalue weighted by Gasteiger charge is 2.79. The van der Waals surface area contributed by atoms with Gasteiger partial charge in [-0.05, 0) is 93.3 Å². The standard InChI is InChI=1S/C53H82O25S/c1-23(2)10-9-15-52(7)43-26(56)18-51(6)25-11-12-31-49(3,4)32(14-16-50(31,5)24(25)13-17-53(43,51)48(64)77-52)73-47-42(34(59)30(22-70-47)78-79(65,66)67)76-45-36(61)35(60)40(29(20-55)72-45)75-44-37(62)39(27(57)21-69-44)74-46-38(63)41(68-8)33(58)28(19-54)71-46/h13,25,27-47,54-55,57-63H,1,9-12,14-22H2,2-8H3,(H,65,66,67)/t25-,27-,28-,29-,30-,31+,32+,33-,34+,35-,36-,37-,38-,39+,40-,41+,42-,43-,44+,45+,46+,47+,50-,51+,52+,53-/m1/s1. The summed E-state index contributed by atoms with van der Waals surface area (Å²) in [7, 11) is -4.00. The number of allylic oxidation sites excluding steroid dienone is 3. The molecular formula is C53H82O25S. The van der Waals surface area contributed by atoms with E-state index >= 15 is 0 Å². The molecule has 0 radical (unpaired) electrons. The maximum absolute atomic E-state index is 14.4. The van der Waals surface area contributed by atoms with Crippen LogP contribution < -0.4 is 0 Å². The van der Waals surface area contributed by atoms with Gasteiger partial charge in [0.05, 0.1) is 43.9 Å². The highest BCUT2D eigenvalue weighted by Crippen LogP contribution is 2.75. The van der Waals surface area contributed by atoms with Crippen LogP contribution in [0.1, 0.15) is 99.3 Å². The van der Waals surface area contributed by atoms with Crippen LogP contribution in [0.3, 0.4) is 0 Å². The second-order valence-electron chi connectivity index (χ2n) is 24.9. The van der Waals surface area contributed by atoms with Gasteiger partial charge in [0.2, 0.25) is 0 Å². The Morgan fingerprint density at radius 2 is 1.38 bits per heavy atom. The smallest absolute Gasteiger partial charge is 0.397 e. The first-order valence-electron chi connectivity index (χ1n) is 27.5. The van der Waals surface area contributed by atoms with E-state index in [4.69, 9.17) is 51.6 Å². The maximum atomic E-state index is 14.4. The number of ketones is 1. The fourth-order valence-electron chi connectivity index (χ4n) is 15.8. The fraction of sp³-hybridized carbons (Fsp3) is 0.887. The molecule has 79 heavy (non-hydrogen) atoms. The normalized spacial score (nSPS) is 49.7. The molecule has 9 rings (SSSR count). The molecule has 0 bridgehead atoms. The second kappa shape index (κ2) is 22.6. The molecule has 5 aliphatic heterocycles. The van der Waals surface area contributed by atoms with Crippen molar-refractivity contribution in [1.82, 2.24) is 0 Å². The zero-order valence-corrected chi connectivity index (χ0v) is 46.5. The van der Waals surface area contributed by atoms with E-state index in [2.05, 4.69) is 40.3 Å². The molecule has 10 N–H and O–H groups in total. The first-order chi connectivity index (χ1) is 37.0. The van der Waals surface area contributed by atoms with Crippen LogP contribution in [0, 0.1) is 39.4 Å². The van der Waals surface area contributed by atoms with Gasteiger partial charge < -0.3 is 93.3 Å². The summed E-state index contributed by atoms with van der Waals surface area (Å²) in [5.74, 6) is -0.905. The Kier molecular flexibility index (Phi) is 17.6. The van der Waals surface area contributed by atoms with Crippen molar-refractivity contribution in [2.75, 3.05) is 33.5 Å². The van der Waals surface area contributed by atoms with Crippen LogP contribution in [-0.2, 0) is 71.5 Å². The van der Waals surface area contributed by atoms with Gasteiger partial charge in [0.1, 0.15) is 96.8 Å². The SMILES string of the molecule is C=C(C)CCC[C@]1(C)OC(=O)[C@]23CC=C4[C@@H](CC[C@H]5C(C)(C)[C@@H](O[C@@H]6OC[C@@H](OS(=O)(=O)O)[C@H](O)[C@H]6O[C@@H]6O[C@H](CO)[C@@H](O[C@@H]7OC[C@@H](O)[C@H](O[C@@H]8O[C@H](CO)[C@@H](O)[C@H](OC)[C@H]8O)[C@H]7O)[C@H](O)[C@H]6O)CC[C@]45C)[C@]2(C)CC(=O)[C@@H]31. The van der Waals surface area contributed by atoms with Crippen molar-refractivity contribution in [3.05, 3.63) is 23.8 Å². The van der Waals surface area contributed by atoms with Crippen LogP contribution in [-0.4, -0.2) is 227 Å². The fourth-order valence-corrected chi connectivity index (χ4v) is 16.3. The molecule has 9 aliphatic rings. The lowest BCUT2D eigenvalue weighted by Crippen LogP contribution is -2.66. The van der Waals surface area contributed by atoms with E-state index in [1.54, 1.807) is 0 Å². The van der Waals surface area contributed by atoms with Crippen molar-refractivity contribution < 1.29 is 120 Å². The molecule has 26 atom stereocenters. The summed E-state index contributed by atoms with van der Waals surface area (Å²) in [6, 6.07) is 0. The van der Waals surface area contributed by atoms with E-state index in [1.807, 2.05) is 13.8 Å². The van der Waals surface area contributed by atoms with Crippen molar-refractivity contribution in [2.24, 2.45) is 39.4 Å². The van der Waals surface area contributed by atoms with Crippen molar-refractivity contribution >= 4 is 22.2 Å². The Labute approximate surface area is 459 Å². The Morgan fingerprint density at radius 1 is 0.747 bits per heavy atom. The third-order valence-corrected chi connectivity index (χ3v) is 20.2. The summed E-state index contributed by atoms with van der Waals surface area (Å²) in [4.78, 5) is 28.7. The third-order valence-electron chi connectivity index (χ3n) is 19.7. The Hall–Kier alpha value is -2.23. The number of cyclic esters (lactones) is 1. The zero-order valence-electron chi connectivity index (χ0n) is 45.7. The molecule has 0 aromatic heterocycles. The van der Waals surface area contributed by atoms with Gasteiger partial charge >= 0.3 is 16.4 Å². The summed E-state index contributed by atoms with van der Waals surface area (Å²) < 4.78 is 97.4. The van der Waals surface area contributed by atoms with Gasteiger partial charge in [0.25, 0.3) is 0 Å². The van der Waals surface area contributed by atoms with Crippen molar-refractivity contribution in [1.29, 1.82) is 0 Å². The van der Waals surface area contributed by atoms with Crippen molar-refractivity contribution in [3.63, 3.8) is 0 Å². The topological polar surface area (TPSA) is 372 Å². The molecule has 5 heterocycles. The summed E-state index contributed by atoms with van der Waals surface area (Å²) in [6.07, 6.45) is -24.0. The number of hydrogen-bond donors (Lipinski definition) is 10. The van der Waals surface area contributed by atoms with Gasteiger partial charge in [-0.25, -0.2) is 4.18 Å². The molecule has 8 fully saturated rings. The molecule has 26 heteroatoms. The Morgan fingerprint density at radius 3 is 2.04 bits per heavy atom. The number of Topliss-reactive ketones (excluding diaryl/α,β-unsaturated/α-hetero) is 1. The van der Waals surface area contributed by atoms with Crippen LogP contribution in [0.5, 0.6) is 0 Å². The minimum atomic E-state index is -5.19. The van der Waals surface area contributed by atoms with E-state index in [0.29, 0.717) is 38.5 Å². The van der Waals surface area contributed by atoms with Crippen molar-refractivity contribution in [2.45, 2.75) is 222 Å². The number of carbonyl (C=O) groups is 2. The summed E-state index contributed by atoms with van der Waals surface area (Å²) in [6.45, 7) is 13.5. The molecule has 0 amide bonds. The first kappa shape index (κ1) is 61.3. The number of esters is 1. The number of hydrogen-bond acceptors (Lipinski definition) is 24. The summed E-state index contributed by atoms with van der Waals surface area (Å²) in [5.41, 5.74) is -1.41. The van der Waals surface area contributed by atoms with E-state index < -0.39 is 187 Å². The molecule has 0 unspecified atom stereocenters. The quantitative estimate of drug-likeness (QED) is 0.0370. The number of methoxy groups -OCH3 is 1. The van der Waals surface area contributed by atoms with E-state index in [1.165, 1.54) is 12.7 Å². The van der Waals surface area contributed by atoms with E-state index in [9.17, 15) is 68.5 Å². The lowest BCUT2D eigenvalue weighted by atomic mass is 9.41. The molecule has 450 valence electrons. The largest absolute Gasteiger partial charge is 0.458 e. The van der Waals surface area contributed by atoms with Crippen LogP contribution in [0.15, 0.2) is 23.8 Å². The number of fused-ring (bicyclic) bond motifs is 4. The van der Waals surface area contributed by atoms with Crippen LogP contribution in [0.2, 0.25) is 0 Å². The summed E-state index contributed by atoms with van der Waals surface area (Å²) in [5, 5.41) is 98.8. The van der Waals surface area contributed by atoms with Gasteiger partial charge in [-0.2, -0.15) is 8.42 Å². The molecule has 4 aliphatic carbocycles. The summed E-state index contributed by atoms with van der Waals surface area (Å²) >= 11 is 0. The molecule has 0 aromatic carbocycles. The predicted octanol–water partition coefficient (Wildman–Crippen LogP) is -0.770. The minimum Gasteiger partial charge on any atom is -0.458 e. The van der Waals surface area contributed by atoms with Crippen LogP contribution in [0.4, 0.5) is 0 Å². The third kappa shape index (κ3) is 10.5. The van der Waals surface area contributed by atoms with E-state index in [-0.39, 0.29) is 30.0 Å². The van der Waals surface area contributed by atoms with Gasteiger partial charge in [-0.1, -0.05) is 44.9 Å². The highest BCUT2D eigenvalue weighted by atomic mass is 32.3.